The molecule has 0 amide bonds. The van der Waals surface area contributed by atoms with Gasteiger partial charge in [-0.3, -0.25) is 5.41 Å². The molecule has 0 fully saturated rings. The van der Waals surface area contributed by atoms with E-state index in [9.17, 15) is 0 Å². The average molecular weight is 183 g/mol. The number of nitrogens with one attached hydrogen (secondary N) is 1. The Hall–Kier alpha value is -1.02. The van der Waals surface area contributed by atoms with E-state index >= 15 is 0 Å². The molecular formula is C9H11ClN2. The normalized spacial score (nSPS) is 9.75. The molecule has 0 atom stereocenters. The van der Waals surface area contributed by atoms with Gasteiger partial charge in [-0.1, -0.05) is 23.7 Å². The predicted molar refractivity (Wildman–Crippen MR) is 51.7 cm³/mol. The van der Waals surface area contributed by atoms with Crippen LogP contribution in [0, 0.1) is 5.41 Å². The van der Waals surface area contributed by atoms with Crippen LogP contribution >= 0.6 is 11.6 Å². The van der Waals surface area contributed by atoms with E-state index in [1.54, 1.807) is 0 Å². The lowest BCUT2D eigenvalue weighted by Crippen LogP contribution is -2.10. The van der Waals surface area contributed by atoms with Crippen LogP contribution < -0.4 is 5.73 Å². The van der Waals surface area contributed by atoms with Gasteiger partial charge in [0.15, 0.2) is 0 Å². The van der Waals surface area contributed by atoms with Gasteiger partial charge in [-0.05, 0) is 24.1 Å². The largest absolute Gasteiger partial charge is 0.388 e. The lowest BCUT2D eigenvalue weighted by molar-refractivity contribution is 1.02. The third-order valence-corrected chi connectivity index (χ3v) is 1.81. The zero-order valence-electron chi connectivity index (χ0n) is 6.68. The van der Waals surface area contributed by atoms with E-state index in [0.717, 1.165) is 17.0 Å². The standard InChI is InChI=1S/C9H11ClN2/c10-8-3-1-2-7(6-8)4-5-9(11)12/h1-3,6H,4-5H2,(H3,11,12). The van der Waals surface area contributed by atoms with E-state index in [1.807, 2.05) is 24.3 Å². The van der Waals surface area contributed by atoms with Crippen molar-refractivity contribution in [3.8, 4) is 0 Å². The third kappa shape index (κ3) is 2.93. The number of nitrogens with two attached hydrogens (primary N) is 1. The number of aryl methyl sites for hydroxylation is 1. The molecule has 1 aromatic carbocycles. The molecule has 0 spiro atoms. The minimum atomic E-state index is 0.218. The molecule has 1 aromatic rings. The molecule has 0 saturated carbocycles. The van der Waals surface area contributed by atoms with Gasteiger partial charge < -0.3 is 5.73 Å². The first-order valence-electron chi connectivity index (χ1n) is 3.76. The summed E-state index contributed by atoms with van der Waals surface area (Å²) in [4.78, 5) is 0. The molecule has 0 unspecified atom stereocenters. The van der Waals surface area contributed by atoms with Gasteiger partial charge in [-0.15, -0.1) is 0 Å². The van der Waals surface area contributed by atoms with Crippen molar-refractivity contribution < 1.29 is 0 Å². The molecule has 3 heteroatoms. The first kappa shape index (κ1) is 9.07. The number of halogens is 1. The van der Waals surface area contributed by atoms with Crippen LogP contribution in [0.3, 0.4) is 0 Å². The summed E-state index contributed by atoms with van der Waals surface area (Å²) < 4.78 is 0. The van der Waals surface area contributed by atoms with Crippen LogP contribution in [0.25, 0.3) is 0 Å². The van der Waals surface area contributed by atoms with E-state index in [1.165, 1.54) is 0 Å². The van der Waals surface area contributed by atoms with Crippen LogP contribution in [0.5, 0.6) is 0 Å². The minimum absolute atomic E-state index is 0.218. The van der Waals surface area contributed by atoms with Crippen molar-refractivity contribution in [1.29, 1.82) is 5.41 Å². The summed E-state index contributed by atoms with van der Waals surface area (Å²) in [6.07, 6.45) is 1.39. The molecule has 0 radical (unpaired) electrons. The highest BCUT2D eigenvalue weighted by molar-refractivity contribution is 6.30. The zero-order valence-corrected chi connectivity index (χ0v) is 7.43. The molecule has 0 saturated heterocycles. The molecule has 64 valence electrons. The summed E-state index contributed by atoms with van der Waals surface area (Å²) >= 11 is 5.78. The number of amidine groups is 1. The van der Waals surface area contributed by atoms with Gasteiger partial charge in [0, 0.05) is 11.4 Å². The Morgan fingerprint density at radius 3 is 2.83 bits per heavy atom. The molecule has 1 rings (SSSR count). The predicted octanol–water partition coefficient (Wildman–Crippen LogP) is 2.21. The van der Waals surface area contributed by atoms with Gasteiger partial charge in [0.25, 0.3) is 0 Å². The molecule has 0 aliphatic heterocycles. The Labute approximate surface area is 76.9 Å². The molecule has 0 heterocycles. The Kier molecular flexibility index (Phi) is 3.11. The quantitative estimate of drug-likeness (QED) is 0.547. The fraction of sp³-hybridized carbons (Fsp3) is 0.222. The Morgan fingerprint density at radius 1 is 1.50 bits per heavy atom. The zero-order chi connectivity index (χ0) is 8.97. The second-order valence-corrected chi connectivity index (χ2v) is 3.09. The summed E-state index contributed by atoms with van der Waals surface area (Å²) in [6.45, 7) is 0. The summed E-state index contributed by atoms with van der Waals surface area (Å²) in [5.41, 5.74) is 6.35. The minimum Gasteiger partial charge on any atom is -0.388 e. The maximum atomic E-state index is 7.04. The molecule has 0 aliphatic rings. The van der Waals surface area contributed by atoms with Gasteiger partial charge >= 0.3 is 0 Å². The maximum Gasteiger partial charge on any atom is 0.0908 e. The highest BCUT2D eigenvalue weighted by Crippen LogP contribution is 2.11. The second kappa shape index (κ2) is 4.12. The van der Waals surface area contributed by atoms with Crippen LogP contribution in [0.15, 0.2) is 24.3 Å². The van der Waals surface area contributed by atoms with E-state index < -0.39 is 0 Å². The first-order chi connectivity index (χ1) is 5.68. The molecular weight excluding hydrogens is 172 g/mol. The Morgan fingerprint density at radius 2 is 2.25 bits per heavy atom. The molecule has 12 heavy (non-hydrogen) atoms. The van der Waals surface area contributed by atoms with Crippen LogP contribution in [0.2, 0.25) is 5.02 Å². The average Bonchev–Trinajstić information content (AvgIpc) is 2.01. The van der Waals surface area contributed by atoms with Gasteiger partial charge in [0.05, 0.1) is 5.84 Å². The third-order valence-electron chi connectivity index (χ3n) is 1.57. The lowest BCUT2D eigenvalue weighted by atomic mass is 10.1. The van der Waals surface area contributed by atoms with E-state index in [4.69, 9.17) is 22.7 Å². The first-order valence-corrected chi connectivity index (χ1v) is 4.13. The fourth-order valence-electron chi connectivity index (χ4n) is 0.971. The number of rotatable bonds is 3. The van der Waals surface area contributed by atoms with Crippen molar-refractivity contribution in [3.05, 3.63) is 34.9 Å². The van der Waals surface area contributed by atoms with E-state index in [-0.39, 0.29) is 5.84 Å². The van der Waals surface area contributed by atoms with Gasteiger partial charge in [-0.25, -0.2) is 0 Å². The van der Waals surface area contributed by atoms with Gasteiger partial charge in [0.2, 0.25) is 0 Å². The van der Waals surface area contributed by atoms with Crippen molar-refractivity contribution in [2.75, 3.05) is 0 Å². The van der Waals surface area contributed by atoms with Crippen LogP contribution in [0.1, 0.15) is 12.0 Å². The SMILES string of the molecule is N=C(N)CCc1cccc(Cl)c1. The Balaban J connectivity index is 2.57. The summed E-state index contributed by atoms with van der Waals surface area (Å²) in [5.74, 6) is 0.218. The topological polar surface area (TPSA) is 49.9 Å². The monoisotopic (exact) mass is 182 g/mol. The van der Waals surface area contributed by atoms with E-state index in [0.29, 0.717) is 6.42 Å². The number of benzene rings is 1. The fourth-order valence-corrected chi connectivity index (χ4v) is 1.18. The van der Waals surface area contributed by atoms with Crippen LogP contribution in [-0.2, 0) is 6.42 Å². The second-order valence-electron chi connectivity index (χ2n) is 2.66. The number of hydrogen-bond acceptors (Lipinski definition) is 1. The molecule has 2 nitrogen and oxygen atoms in total. The lowest BCUT2D eigenvalue weighted by Gasteiger charge is -1.99. The van der Waals surface area contributed by atoms with Crippen molar-refractivity contribution in [1.82, 2.24) is 0 Å². The molecule has 0 aliphatic carbocycles. The van der Waals surface area contributed by atoms with Crippen molar-refractivity contribution in [2.24, 2.45) is 5.73 Å². The van der Waals surface area contributed by atoms with Crippen LogP contribution in [0.4, 0.5) is 0 Å². The molecule has 3 N–H and O–H groups in total. The van der Waals surface area contributed by atoms with Crippen LogP contribution in [-0.4, -0.2) is 5.84 Å². The maximum absolute atomic E-state index is 7.04. The smallest absolute Gasteiger partial charge is 0.0908 e. The van der Waals surface area contributed by atoms with Crippen molar-refractivity contribution in [3.63, 3.8) is 0 Å². The highest BCUT2D eigenvalue weighted by atomic mass is 35.5. The number of hydrogen-bond donors (Lipinski definition) is 2. The summed E-state index contributed by atoms with van der Waals surface area (Å²) in [5, 5.41) is 7.77. The summed E-state index contributed by atoms with van der Waals surface area (Å²) in [7, 11) is 0. The van der Waals surface area contributed by atoms with Gasteiger partial charge in [-0.2, -0.15) is 0 Å². The highest BCUT2D eigenvalue weighted by Gasteiger charge is 1.95. The summed E-state index contributed by atoms with van der Waals surface area (Å²) in [6, 6.07) is 7.61. The molecule has 0 bridgehead atoms. The van der Waals surface area contributed by atoms with Gasteiger partial charge in [0.1, 0.15) is 0 Å². The van der Waals surface area contributed by atoms with Crippen molar-refractivity contribution >= 4 is 17.4 Å². The molecule has 0 aromatic heterocycles. The Bertz CT molecular complexity index is 284. The van der Waals surface area contributed by atoms with E-state index in [2.05, 4.69) is 0 Å². The van der Waals surface area contributed by atoms with Crippen molar-refractivity contribution in [2.45, 2.75) is 12.8 Å².